The second-order valence-corrected chi connectivity index (χ2v) is 4.36. The molecule has 2 nitrogen and oxygen atoms in total. The van der Waals surface area contributed by atoms with Crippen molar-refractivity contribution in [1.82, 2.24) is 9.38 Å². The Hall–Kier alpha value is -0.790. The molecule has 2 aromatic rings. The lowest BCUT2D eigenvalue weighted by molar-refractivity contribution is -0.142. The average Bonchev–Trinajstić information content (AvgIpc) is 2.38. The Morgan fingerprint density at radius 2 is 2.00 bits per heavy atom. The second kappa shape index (κ2) is 3.36. The van der Waals surface area contributed by atoms with E-state index in [1.165, 1.54) is 13.1 Å². The van der Waals surface area contributed by atoms with Crippen LogP contribution in [-0.2, 0) is 6.18 Å². The van der Waals surface area contributed by atoms with E-state index >= 15 is 0 Å². The topological polar surface area (TPSA) is 17.3 Å². The highest BCUT2D eigenvalue weighted by Gasteiger charge is 2.36. The summed E-state index contributed by atoms with van der Waals surface area (Å²) in [6.07, 6.45) is -2.94. The molecule has 80 valence electrons. The molecule has 0 unspecified atom stereocenters. The summed E-state index contributed by atoms with van der Waals surface area (Å²) in [7, 11) is 0. The summed E-state index contributed by atoms with van der Waals surface area (Å²) in [5.74, 6) is 0. The standard InChI is InChI=1S/C9H6F3IN2/c1-5-8(9(10,11)12)15-4-6(13)2-3-7(15)14-5/h2-4H,1H3. The van der Waals surface area contributed by atoms with Gasteiger partial charge >= 0.3 is 6.18 Å². The van der Waals surface area contributed by atoms with Crippen molar-refractivity contribution >= 4 is 28.2 Å². The molecular weight excluding hydrogens is 320 g/mol. The monoisotopic (exact) mass is 326 g/mol. The summed E-state index contributed by atoms with van der Waals surface area (Å²) in [5, 5.41) is 0. The Labute approximate surface area is 97.3 Å². The number of halogens is 4. The highest BCUT2D eigenvalue weighted by Crippen LogP contribution is 2.32. The number of pyridine rings is 1. The first-order valence-electron chi connectivity index (χ1n) is 4.11. The predicted molar refractivity (Wildman–Crippen MR) is 57.6 cm³/mol. The summed E-state index contributed by atoms with van der Waals surface area (Å²) in [6.45, 7) is 1.36. The Kier molecular flexibility index (Phi) is 2.40. The third-order valence-corrected chi connectivity index (χ3v) is 2.66. The van der Waals surface area contributed by atoms with E-state index in [1.54, 1.807) is 12.1 Å². The van der Waals surface area contributed by atoms with Gasteiger partial charge in [-0.2, -0.15) is 13.2 Å². The van der Waals surface area contributed by atoms with Crippen LogP contribution in [0.1, 0.15) is 11.4 Å². The van der Waals surface area contributed by atoms with Gasteiger partial charge in [0.1, 0.15) is 5.65 Å². The molecule has 2 rings (SSSR count). The van der Waals surface area contributed by atoms with Crippen LogP contribution in [0.4, 0.5) is 13.2 Å². The van der Waals surface area contributed by atoms with Gasteiger partial charge in [-0.15, -0.1) is 0 Å². The van der Waals surface area contributed by atoms with Crippen molar-refractivity contribution in [3.05, 3.63) is 33.3 Å². The predicted octanol–water partition coefficient (Wildman–Crippen LogP) is 3.27. The third kappa shape index (κ3) is 1.82. The minimum absolute atomic E-state index is 0.00417. The summed E-state index contributed by atoms with van der Waals surface area (Å²) >= 11 is 1.97. The molecule has 2 aromatic heterocycles. The van der Waals surface area contributed by atoms with Gasteiger partial charge in [0.15, 0.2) is 5.69 Å². The van der Waals surface area contributed by atoms with Gasteiger partial charge in [-0.3, -0.25) is 4.40 Å². The lowest BCUT2D eigenvalue weighted by Crippen LogP contribution is -2.10. The van der Waals surface area contributed by atoms with E-state index in [-0.39, 0.29) is 5.69 Å². The number of hydrogen-bond donors (Lipinski definition) is 0. The summed E-state index contributed by atoms with van der Waals surface area (Å²) in [5.41, 5.74) is -0.374. The minimum Gasteiger partial charge on any atom is -0.295 e. The zero-order chi connectivity index (χ0) is 11.2. The molecule has 6 heteroatoms. The lowest BCUT2D eigenvalue weighted by Gasteiger charge is -2.07. The molecule has 15 heavy (non-hydrogen) atoms. The quantitative estimate of drug-likeness (QED) is 0.679. The molecule has 0 saturated heterocycles. The zero-order valence-corrected chi connectivity index (χ0v) is 9.80. The van der Waals surface area contributed by atoms with Crippen molar-refractivity contribution in [1.29, 1.82) is 0 Å². The van der Waals surface area contributed by atoms with Gasteiger partial charge in [0.05, 0.1) is 5.69 Å². The summed E-state index contributed by atoms with van der Waals surface area (Å²) in [4.78, 5) is 3.86. The van der Waals surface area contributed by atoms with E-state index in [2.05, 4.69) is 4.98 Å². The lowest BCUT2D eigenvalue weighted by atomic mass is 10.3. The van der Waals surface area contributed by atoms with Crippen LogP contribution in [0.2, 0.25) is 0 Å². The number of alkyl halides is 3. The van der Waals surface area contributed by atoms with Crippen molar-refractivity contribution in [2.24, 2.45) is 0 Å². The Balaban J connectivity index is 2.82. The average molecular weight is 326 g/mol. The van der Waals surface area contributed by atoms with E-state index in [9.17, 15) is 13.2 Å². The number of aryl methyl sites for hydroxylation is 1. The number of nitrogens with zero attached hydrogens (tertiary/aromatic N) is 2. The van der Waals surface area contributed by atoms with Gasteiger partial charge in [-0.25, -0.2) is 4.98 Å². The fraction of sp³-hybridized carbons (Fsp3) is 0.222. The maximum Gasteiger partial charge on any atom is 0.433 e. The molecule has 0 amide bonds. The van der Waals surface area contributed by atoms with Gasteiger partial charge in [-0.1, -0.05) is 0 Å². The fourth-order valence-electron chi connectivity index (χ4n) is 1.48. The number of rotatable bonds is 0. The van der Waals surface area contributed by atoms with E-state index in [0.29, 0.717) is 5.65 Å². The number of imidazole rings is 1. The molecule has 0 aliphatic carbocycles. The largest absolute Gasteiger partial charge is 0.433 e. The Bertz CT molecular complexity index is 516. The van der Waals surface area contributed by atoms with Crippen LogP contribution in [-0.4, -0.2) is 9.38 Å². The van der Waals surface area contributed by atoms with Crippen LogP contribution >= 0.6 is 22.6 Å². The third-order valence-electron chi connectivity index (χ3n) is 2.03. The van der Waals surface area contributed by atoms with E-state index in [1.807, 2.05) is 22.6 Å². The molecular formula is C9H6F3IN2. The van der Waals surface area contributed by atoms with E-state index in [0.717, 1.165) is 7.97 Å². The molecule has 0 spiro atoms. The van der Waals surface area contributed by atoms with Crippen LogP contribution in [0.15, 0.2) is 18.3 Å². The van der Waals surface area contributed by atoms with Gasteiger partial charge in [0.2, 0.25) is 0 Å². The molecule has 0 bridgehead atoms. The molecule has 0 saturated carbocycles. The Morgan fingerprint density at radius 3 is 2.60 bits per heavy atom. The van der Waals surface area contributed by atoms with Crippen LogP contribution in [0.25, 0.3) is 5.65 Å². The first-order valence-corrected chi connectivity index (χ1v) is 5.19. The smallest absolute Gasteiger partial charge is 0.295 e. The minimum atomic E-state index is -4.37. The maximum atomic E-state index is 12.7. The van der Waals surface area contributed by atoms with Crippen molar-refractivity contribution < 1.29 is 13.2 Å². The fourth-order valence-corrected chi connectivity index (χ4v) is 1.94. The highest BCUT2D eigenvalue weighted by atomic mass is 127. The molecule has 0 radical (unpaired) electrons. The molecule has 0 aliphatic rings. The summed E-state index contributed by atoms with van der Waals surface area (Å²) in [6, 6.07) is 3.30. The maximum absolute atomic E-state index is 12.7. The SMILES string of the molecule is Cc1nc2ccc(I)cn2c1C(F)(F)F. The zero-order valence-electron chi connectivity index (χ0n) is 7.64. The van der Waals surface area contributed by atoms with Crippen molar-refractivity contribution in [2.45, 2.75) is 13.1 Å². The molecule has 0 aliphatic heterocycles. The van der Waals surface area contributed by atoms with Crippen molar-refractivity contribution in [3.8, 4) is 0 Å². The molecule has 0 atom stereocenters. The number of fused-ring (bicyclic) bond motifs is 1. The van der Waals surface area contributed by atoms with Gasteiger partial charge < -0.3 is 0 Å². The molecule has 0 fully saturated rings. The van der Waals surface area contributed by atoms with Crippen LogP contribution < -0.4 is 0 Å². The highest BCUT2D eigenvalue weighted by molar-refractivity contribution is 14.1. The van der Waals surface area contributed by atoms with Crippen LogP contribution in [0.5, 0.6) is 0 Å². The number of hydrogen-bond acceptors (Lipinski definition) is 1. The van der Waals surface area contributed by atoms with Crippen molar-refractivity contribution in [2.75, 3.05) is 0 Å². The molecule has 0 aromatic carbocycles. The number of aromatic nitrogens is 2. The van der Waals surface area contributed by atoms with Gasteiger partial charge in [0.25, 0.3) is 0 Å². The first kappa shape index (κ1) is 10.7. The molecule has 0 N–H and O–H groups in total. The van der Waals surface area contributed by atoms with Crippen LogP contribution in [0.3, 0.4) is 0 Å². The van der Waals surface area contributed by atoms with E-state index < -0.39 is 11.9 Å². The van der Waals surface area contributed by atoms with Crippen molar-refractivity contribution in [3.63, 3.8) is 0 Å². The van der Waals surface area contributed by atoms with Crippen LogP contribution in [0, 0.1) is 10.5 Å². The normalized spacial score (nSPS) is 12.3. The Morgan fingerprint density at radius 1 is 1.33 bits per heavy atom. The molecule has 2 heterocycles. The van der Waals surface area contributed by atoms with E-state index in [4.69, 9.17) is 0 Å². The van der Waals surface area contributed by atoms with Gasteiger partial charge in [0, 0.05) is 9.77 Å². The summed E-state index contributed by atoms with van der Waals surface area (Å²) < 4.78 is 39.9. The first-order chi connectivity index (χ1) is 6.89. The van der Waals surface area contributed by atoms with Gasteiger partial charge in [-0.05, 0) is 41.6 Å². The second-order valence-electron chi connectivity index (χ2n) is 3.12.